The van der Waals surface area contributed by atoms with Crippen LogP contribution < -0.4 is 0 Å². The molecule has 0 heterocycles. The van der Waals surface area contributed by atoms with Crippen LogP contribution in [0.2, 0.25) is 0 Å². The van der Waals surface area contributed by atoms with E-state index in [9.17, 15) is 4.79 Å². The third-order valence-corrected chi connectivity index (χ3v) is 2.77. The van der Waals surface area contributed by atoms with Crippen molar-refractivity contribution in [1.82, 2.24) is 0 Å². The van der Waals surface area contributed by atoms with Crippen molar-refractivity contribution in [3.05, 3.63) is 0 Å². The van der Waals surface area contributed by atoms with E-state index < -0.39 is 0 Å². The summed E-state index contributed by atoms with van der Waals surface area (Å²) in [7, 11) is 0. The topological polar surface area (TPSA) is 26.3 Å². The number of carbonyl (C=O) groups is 1. The Labute approximate surface area is 80.7 Å². The molecule has 0 aromatic carbocycles. The van der Waals surface area contributed by atoms with E-state index in [4.69, 9.17) is 4.74 Å². The minimum Gasteiger partial charge on any atom is -0.462 e. The van der Waals surface area contributed by atoms with Gasteiger partial charge in [-0.2, -0.15) is 0 Å². The lowest BCUT2D eigenvalue weighted by atomic mass is 9.88. The summed E-state index contributed by atoms with van der Waals surface area (Å²) in [4.78, 5) is 11.2. The van der Waals surface area contributed by atoms with Crippen LogP contribution >= 0.6 is 0 Å². The molecule has 13 heavy (non-hydrogen) atoms. The maximum Gasteiger partial charge on any atom is 0.306 e. The summed E-state index contributed by atoms with van der Waals surface area (Å²) in [6.45, 7) is 4.19. The molecule has 0 amide bonds. The molecule has 2 atom stereocenters. The molecule has 1 rings (SSSR count). The predicted octanol–water partition coefficient (Wildman–Crippen LogP) is 2.91. The van der Waals surface area contributed by atoms with E-state index in [-0.39, 0.29) is 12.1 Å². The number of carbonyl (C=O) groups excluding carboxylic acids is 1. The lowest BCUT2D eigenvalue weighted by Crippen LogP contribution is -2.28. The van der Waals surface area contributed by atoms with Gasteiger partial charge in [0.15, 0.2) is 0 Å². The first-order chi connectivity index (χ1) is 6.24. The molecular formula is C11H20O2. The van der Waals surface area contributed by atoms with E-state index in [1.807, 2.05) is 6.92 Å². The molecule has 0 aromatic heterocycles. The van der Waals surface area contributed by atoms with E-state index in [1.54, 1.807) is 0 Å². The largest absolute Gasteiger partial charge is 0.462 e. The molecule has 1 fully saturated rings. The SMILES string of the molecule is CCCC(=O)O[C@H]1CCCC[C@H]1C. The van der Waals surface area contributed by atoms with Crippen LogP contribution in [0, 0.1) is 5.92 Å². The molecule has 0 spiro atoms. The third-order valence-electron chi connectivity index (χ3n) is 2.77. The molecule has 1 saturated carbocycles. The maximum absolute atomic E-state index is 11.2. The average molecular weight is 184 g/mol. The van der Waals surface area contributed by atoms with Gasteiger partial charge in [-0.3, -0.25) is 4.79 Å². The van der Waals surface area contributed by atoms with Crippen LogP contribution in [-0.4, -0.2) is 12.1 Å². The summed E-state index contributed by atoms with van der Waals surface area (Å²) < 4.78 is 5.41. The number of hydrogen-bond acceptors (Lipinski definition) is 2. The highest BCUT2D eigenvalue weighted by atomic mass is 16.5. The Kier molecular flexibility index (Phi) is 4.26. The first-order valence-electron chi connectivity index (χ1n) is 5.43. The van der Waals surface area contributed by atoms with Crippen molar-refractivity contribution < 1.29 is 9.53 Å². The van der Waals surface area contributed by atoms with Gasteiger partial charge in [-0.1, -0.05) is 20.3 Å². The van der Waals surface area contributed by atoms with Gasteiger partial charge in [-0.25, -0.2) is 0 Å². The van der Waals surface area contributed by atoms with Crippen LogP contribution in [0.25, 0.3) is 0 Å². The highest BCUT2D eigenvalue weighted by molar-refractivity contribution is 5.69. The van der Waals surface area contributed by atoms with E-state index in [0.717, 1.165) is 12.8 Å². The zero-order chi connectivity index (χ0) is 9.68. The van der Waals surface area contributed by atoms with Crippen LogP contribution in [0.5, 0.6) is 0 Å². The van der Waals surface area contributed by atoms with Crippen LogP contribution in [0.3, 0.4) is 0 Å². The molecule has 76 valence electrons. The minimum absolute atomic E-state index is 0.0127. The molecule has 1 aliphatic rings. The number of ether oxygens (including phenoxy) is 1. The van der Waals surface area contributed by atoms with Crippen LogP contribution in [0.4, 0.5) is 0 Å². The van der Waals surface area contributed by atoms with Gasteiger partial charge in [-0.15, -0.1) is 0 Å². The molecule has 0 bridgehead atoms. The molecule has 0 aliphatic heterocycles. The van der Waals surface area contributed by atoms with Crippen molar-refractivity contribution in [3.8, 4) is 0 Å². The van der Waals surface area contributed by atoms with Gasteiger partial charge >= 0.3 is 5.97 Å². The molecule has 1 aliphatic carbocycles. The zero-order valence-corrected chi connectivity index (χ0v) is 8.71. The maximum atomic E-state index is 11.2. The van der Waals surface area contributed by atoms with Crippen LogP contribution in [0.1, 0.15) is 52.4 Å². The summed E-state index contributed by atoms with van der Waals surface area (Å²) in [6.07, 6.45) is 6.45. The molecule has 0 radical (unpaired) electrons. The van der Waals surface area contributed by atoms with Crippen LogP contribution in [-0.2, 0) is 9.53 Å². The van der Waals surface area contributed by atoms with Crippen molar-refractivity contribution in [2.24, 2.45) is 5.92 Å². The fourth-order valence-electron chi connectivity index (χ4n) is 1.89. The molecule has 0 unspecified atom stereocenters. The molecule has 0 N–H and O–H groups in total. The Balaban J connectivity index is 2.29. The van der Waals surface area contributed by atoms with E-state index in [2.05, 4.69) is 6.92 Å². The highest BCUT2D eigenvalue weighted by Crippen LogP contribution is 2.26. The van der Waals surface area contributed by atoms with Crippen molar-refractivity contribution in [1.29, 1.82) is 0 Å². The molecule has 0 saturated heterocycles. The van der Waals surface area contributed by atoms with E-state index in [0.29, 0.717) is 12.3 Å². The van der Waals surface area contributed by atoms with E-state index >= 15 is 0 Å². The first kappa shape index (κ1) is 10.6. The highest BCUT2D eigenvalue weighted by Gasteiger charge is 2.24. The van der Waals surface area contributed by atoms with Gasteiger partial charge in [0, 0.05) is 6.42 Å². The fourth-order valence-corrected chi connectivity index (χ4v) is 1.89. The fraction of sp³-hybridized carbons (Fsp3) is 0.909. The minimum atomic E-state index is -0.0127. The standard InChI is InChI=1S/C11H20O2/c1-3-6-11(12)13-10-8-5-4-7-9(10)2/h9-10H,3-8H2,1-2H3/t9-,10+/m1/s1. The van der Waals surface area contributed by atoms with Gasteiger partial charge in [0.05, 0.1) is 0 Å². The number of hydrogen-bond donors (Lipinski definition) is 0. The molecular weight excluding hydrogens is 164 g/mol. The van der Waals surface area contributed by atoms with Crippen molar-refractivity contribution >= 4 is 5.97 Å². The first-order valence-corrected chi connectivity index (χ1v) is 5.43. The lowest BCUT2D eigenvalue weighted by Gasteiger charge is -2.28. The molecule has 2 heteroatoms. The summed E-state index contributed by atoms with van der Waals surface area (Å²) in [5.41, 5.74) is 0. The monoisotopic (exact) mass is 184 g/mol. The zero-order valence-electron chi connectivity index (χ0n) is 8.71. The van der Waals surface area contributed by atoms with Gasteiger partial charge in [-0.05, 0) is 31.6 Å². The summed E-state index contributed by atoms with van der Waals surface area (Å²) >= 11 is 0. The second-order valence-corrected chi connectivity index (χ2v) is 4.04. The van der Waals surface area contributed by atoms with Gasteiger partial charge < -0.3 is 4.74 Å². The Morgan fingerprint density at radius 1 is 1.38 bits per heavy atom. The summed E-state index contributed by atoms with van der Waals surface area (Å²) in [5, 5.41) is 0. The van der Waals surface area contributed by atoms with Gasteiger partial charge in [0.1, 0.15) is 6.10 Å². The van der Waals surface area contributed by atoms with Crippen molar-refractivity contribution in [2.75, 3.05) is 0 Å². The smallest absolute Gasteiger partial charge is 0.306 e. The van der Waals surface area contributed by atoms with Crippen LogP contribution in [0.15, 0.2) is 0 Å². The third kappa shape index (κ3) is 3.37. The Bertz CT molecular complexity index is 165. The molecule has 0 aromatic rings. The second-order valence-electron chi connectivity index (χ2n) is 4.04. The Morgan fingerprint density at radius 2 is 2.08 bits per heavy atom. The van der Waals surface area contributed by atoms with Gasteiger partial charge in [0.25, 0.3) is 0 Å². The second kappa shape index (κ2) is 5.25. The van der Waals surface area contributed by atoms with Crippen molar-refractivity contribution in [3.63, 3.8) is 0 Å². The average Bonchev–Trinajstić information content (AvgIpc) is 2.09. The quantitative estimate of drug-likeness (QED) is 0.630. The Hall–Kier alpha value is -0.530. The van der Waals surface area contributed by atoms with Gasteiger partial charge in [0.2, 0.25) is 0 Å². The summed E-state index contributed by atoms with van der Waals surface area (Å²) in [5.74, 6) is 0.552. The van der Waals surface area contributed by atoms with E-state index in [1.165, 1.54) is 19.3 Å². The molecule has 2 nitrogen and oxygen atoms in total. The van der Waals surface area contributed by atoms with Crippen molar-refractivity contribution in [2.45, 2.75) is 58.5 Å². The lowest BCUT2D eigenvalue weighted by molar-refractivity contribution is -0.153. The normalized spacial score (nSPS) is 28.5. The number of esters is 1. The number of rotatable bonds is 3. The predicted molar refractivity (Wildman–Crippen MR) is 52.4 cm³/mol. The Morgan fingerprint density at radius 3 is 2.69 bits per heavy atom. The summed E-state index contributed by atoms with van der Waals surface area (Å²) in [6, 6.07) is 0.